The van der Waals surface area contributed by atoms with Gasteiger partial charge in [-0.25, -0.2) is 9.83 Å². The predicted octanol–water partition coefficient (Wildman–Crippen LogP) is 17.0. The first-order valence-corrected chi connectivity index (χ1v) is 23.2. The minimum absolute atomic E-state index is 0.0417. The van der Waals surface area contributed by atoms with Crippen molar-refractivity contribution in [1.82, 2.24) is 9.55 Å². The Labute approximate surface area is 395 Å². The zero-order chi connectivity index (χ0) is 46.8. The van der Waals surface area contributed by atoms with E-state index in [1.807, 2.05) is 30.5 Å². The largest absolute Gasteiger partial charge is 0.457 e. The van der Waals surface area contributed by atoms with Crippen LogP contribution in [-0.4, -0.2) is 16.2 Å². The number of aromatic nitrogens is 2. The van der Waals surface area contributed by atoms with Gasteiger partial charge in [-0.05, 0) is 122 Å². The van der Waals surface area contributed by atoms with Gasteiger partial charge in [-0.2, -0.15) is 0 Å². The lowest BCUT2D eigenvalue weighted by Crippen LogP contribution is -2.25. The van der Waals surface area contributed by atoms with Crippen molar-refractivity contribution in [3.8, 4) is 39.6 Å². The van der Waals surface area contributed by atoms with Crippen LogP contribution in [0.4, 0.5) is 28.4 Å². The van der Waals surface area contributed by atoms with E-state index in [1.165, 1.54) is 27.8 Å². The number of benzene rings is 7. The van der Waals surface area contributed by atoms with Crippen LogP contribution in [0, 0.1) is 6.57 Å². The van der Waals surface area contributed by atoms with Gasteiger partial charge in [0.05, 0.1) is 29.0 Å². The number of fused-ring (bicyclic) bond motifs is 4. The standard InChI is InChI=1S/C61H57N5O/c1-59(2,3)43-29-30-63-57(36-43)66-54-28-25-41(40-17-12-11-13-18-40)32-53(54)52-27-26-50(38-56(52)66)67-49-22-15-21-47(37-49)64-39-65(48-34-44(60(4,5)6)33-45(35-48)61(7,8)9)58-51(23-16-24-55(58)64)42-19-14-20-46(31-42)62-10/h11-38H,39H2,1-9H3. The maximum absolute atomic E-state index is 7.81. The Morgan fingerprint density at radius 1 is 0.507 bits per heavy atom. The average molecular weight is 876 g/mol. The molecule has 0 fully saturated rings. The number of anilines is 4. The number of pyridine rings is 1. The van der Waals surface area contributed by atoms with Crippen molar-refractivity contribution in [3.63, 3.8) is 0 Å². The normalized spacial score (nSPS) is 13.0. The molecule has 332 valence electrons. The van der Waals surface area contributed by atoms with Crippen molar-refractivity contribution in [3.05, 3.63) is 198 Å². The van der Waals surface area contributed by atoms with E-state index < -0.39 is 0 Å². The second kappa shape index (κ2) is 16.4. The first-order chi connectivity index (χ1) is 32.0. The van der Waals surface area contributed by atoms with Gasteiger partial charge >= 0.3 is 0 Å². The first kappa shape index (κ1) is 43.3. The molecule has 1 aliphatic heterocycles. The topological polar surface area (TPSA) is 37.9 Å². The van der Waals surface area contributed by atoms with E-state index in [1.54, 1.807) is 0 Å². The quantitative estimate of drug-likeness (QED) is 0.150. The molecule has 0 unspecified atom stereocenters. The molecule has 0 aliphatic carbocycles. The highest BCUT2D eigenvalue weighted by atomic mass is 16.5. The maximum atomic E-state index is 7.81. The van der Waals surface area contributed by atoms with E-state index in [0.29, 0.717) is 12.4 Å². The Hall–Kier alpha value is -7.62. The lowest BCUT2D eigenvalue weighted by atomic mass is 9.80. The first-order valence-electron chi connectivity index (χ1n) is 23.2. The summed E-state index contributed by atoms with van der Waals surface area (Å²) in [5.41, 5.74) is 15.2. The highest BCUT2D eigenvalue weighted by molar-refractivity contribution is 6.10. The second-order valence-electron chi connectivity index (χ2n) is 21.0. The van der Waals surface area contributed by atoms with Crippen LogP contribution >= 0.6 is 0 Å². The molecule has 0 amide bonds. The number of ether oxygens (including phenoxy) is 1. The van der Waals surface area contributed by atoms with E-state index in [9.17, 15) is 0 Å². The summed E-state index contributed by atoms with van der Waals surface area (Å²) in [6.07, 6.45) is 1.92. The Balaban J connectivity index is 1.08. The minimum atomic E-state index is -0.0527. The monoisotopic (exact) mass is 875 g/mol. The molecule has 0 spiro atoms. The van der Waals surface area contributed by atoms with Crippen molar-refractivity contribution in [2.45, 2.75) is 78.6 Å². The van der Waals surface area contributed by atoms with Crippen molar-refractivity contribution in [2.75, 3.05) is 16.5 Å². The van der Waals surface area contributed by atoms with Crippen LogP contribution in [-0.2, 0) is 16.2 Å². The molecule has 0 radical (unpaired) electrons. The minimum Gasteiger partial charge on any atom is -0.457 e. The molecule has 6 nitrogen and oxygen atoms in total. The van der Waals surface area contributed by atoms with E-state index >= 15 is 0 Å². The number of para-hydroxylation sites is 1. The average Bonchev–Trinajstić information content (AvgIpc) is 3.87. The molecule has 7 aromatic carbocycles. The highest BCUT2D eigenvalue weighted by Gasteiger charge is 2.33. The van der Waals surface area contributed by atoms with E-state index in [2.05, 4.69) is 221 Å². The van der Waals surface area contributed by atoms with Gasteiger partial charge in [0.25, 0.3) is 0 Å². The molecule has 1 aliphatic rings. The SMILES string of the molecule is [C-]#[N+]c1cccc(-c2cccc3c2N(c2cc(C(C)(C)C)cc(C(C)(C)C)c2)CN3c2cccc(Oc3ccc4c5cc(-c6ccccc6)ccc5n(-c5cc(C(C)(C)C)ccn5)c4c3)c2)c1. The number of hydrogen-bond donors (Lipinski definition) is 0. The summed E-state index contributed by atoms with van der Waals surface area (Å²) in [4.78, 5) is 13.6. The van der Waals surface area contributed by atoms with Gasteiger partial charge < -0.3 is 14.5 Å². The van der Waals surface area contributed by atoms with Crippen molar-refractivity contribution in [1.29, 1.82) is 0 Å². The van der Waals surface area contributed by atoms with E-state index in [-0.39, 0.29) is 16.2 Å². The third-order valence-corrected chi connectivity index (χ3v) is 13.2. The van der Waals surface area contributed by atoms with Gasteiger partial charge in [0.2, 0.25) is 0 Å². The van der Waals surface area contributed by atoms with Crippen LogP contribution in [0.1, 0.15) is 79.0 Å². The molecular formula is C61H57N5O. The van der Waals surface area contributed by atoms with Gasteiger partial charge in [0, 0.05) is 46.0 Å². The third kappa shape index (κ3) is 8.21. The summed E-state index contributed by atoms with van der Waals surface area (Å²) >= 11 is 0. The summed E-state index contributed by atoms with van der Waals surface area (Å²) in [5, 5.41) is 2.29. The summed E-state index contributed by atoms with van der Waals surface area (Å²) < 4.78 is 9.14. The summed E-state index contributed by atoms with van der Waals surface area (Å²) in [6.45, 7) is 28.8. The zero-order valence-electron chi connectivity index (χ0n) is 40.0. The van der Waals surface area contributed by atoms with Gasteiger partial charge in [-0.3, -0.25) is 4.57 Å². The lowest BCUT2D eigenvalue weighted by Gasteiger charge is -2.30. The molecule has 67 heavy (non-hydrogen) atoms. The third-order valence-electron chi connectivity index (χ3n) is 13.2. The van der Waals surface area contributed by atoms with Gasteiger partial charge in [0.15, 0.2) is 5.69 Å². The molecule has 0 saturated carbocycles. The molecule has 2 aromatic heterocycles. The second-order valence-corrected chi connectivity index (χ2v) is 21.0. The molecule has 0 N–H and O–H groups in total. The fourth-order valence-corrected chi connectivity index (χ4v) is 9.34. The Morgan fingerprint density at radius 3 is 1.94 bits per heavy atom. The Bertz CT molecular complexity index is 3360. The number of hydrogen-bond acceptors (Lipinski definition) is 4. The predicted molar refractivity (Wildman–Crippen MR) is 280 cm³/mol. The van der Waals surface area contributed by atoms with E-state index in [0.717, 1.165) is 73.0 Å². The van der Waals surface area contributed by atoms with Crippen LogP contribution in [0.2, 0.25) is 0 Å². The smallest absolute Gasteiger partial charge is 0.187 e. The molecule has 10 rings (SSSR count). The van der Waals surface area contributed by atoms with Gasteiger partial charge in [-0.1, -0.05) is 141 Å². The summed E-state index contributed by atoms with van der Waals surface area (Å²) in [7, 11) is 0. The molecule has 3 heterocycles. The fourth-order valence-electron chi connectivity index (χ4n) is 9.34. The number of nitrogens with zero attached hydrogens (tertiary/aromatic N) is 5. The summed E-state index contributed by atoms with van der Waals surface area (Å²) in [5.74, 6) is 2.35. The van der Waals surface area contributed by atoms with Crippen molar-refractivity contribution in [2.24, 2.45) is 0 Å². The summed E-state index contributed by atoms with van der Waals surface area (Å²) in [6, 6.07) is 58.1. The van der Waals surface area contributed by atoms with Crippen LogP contribution in [0.3, 0.4) is 0 Å². The van der Waals surface area contributed by atoms with Crippen LogP contribution in [0.15, 0.2) is 170 Å². The zero-order valence-corrected chi connectivity index (χ0v) is 40.0. The van der Waals surface area contributed by atoms with Crippen molar-refractivity contribution >= 4 is 50.2 Å². The highest BCUT2D eigenvalue weighted by Crippen LogP contribution is 2.51. The van der Waals surface area contributed by atoms with E-state index in [4.69, 9.17) is 16.3 Å². The Kier molecular flexibility index (Phi) is 10.6. The Morgan fingerprint density at radius 2 is 1.21 bits per heavy atom. The molecule has 0 bridgehead atoms. The van der Waals surface area contributed by atoms with Crippen LogP contribution in [0.25, 0.3) is 54.7 Å². The lowest BCUT2D eigenvalue weighted by molar-refractivity contribution is 0.483. The molecule has 0 saturated heterocycles. The molecule has 9 aromatic rings. The van der Waals surface area contributed by atoms with Crippen LogP contribution < -0.4 is 14.5 Å². The van der Waals surface area contributed by atoms with Gasteiger partial charge in [-0.15, -0.1) is 0 Å². The van der Waals surface area contributed by atoms with Crippen LogP contribution in [0.5, 0.6) is 11.5 Å². The fraction of sp³-hybridized carbons (Fsp3) is 0.213. The number of rotatable bonds is 7. The van der Waals surface area contributed by atoms with Crippen molar-refractivity contribution < 1.29 is 4.74 Å². The molecule has 6 heteroatoms. The van der Waals surface area contributed by atoms with Gasteiger partial charge in [0.1, 0.15) is 24.0 Å². The molecule has 0 atom stereocenters. The molecular weight excluding hydrogens is 819 g/mol. The maximum Gasteiger partial charge on any atom is 0.187 e.